The number of fused-ring (bicyclic) bond motifs is 1. The predicted octanol–water partition coefficient (Wildman–Crippen LogP) is 2.20. The van der Waals surface area contributed by atoms with Crippen LogP contribution in [0.3, 0.4) is 0 Å². The molecule has 0 radical (unpaired) electrons. The van der Waals surface area contributed by atoms with Crippen molar-refractivity contribution in [2.75, 3.05) is 6.79 Å². The summed E-state index contributed by atoms with van der Waals surface area (Å²) in [6.45, 7) is 0.624. The highest BCUT2D eigenvalue weighted by atomic mass is 16.7. The van der Waals surface area contributed by atoms with E-state index < -0.39 is 0 Å². The van der Waals surface area contributed by atoms with Crippen LogP contribution in [0.4, 0.5) is 0 Å². The summed E-state index contributed by atoms with van der Waals surface area (Å²) in [5.74, 6) is 1.23. The van der Waals surface area contributed by atoms with Gasteiger partial charge in [-0.1, -0.05) is 6.07 Å². The van der Waals surface area contributed by atoms with Crippen molar-refractivity contribution in [2.45, 2.75) is 6.54 Å². The zero-order valence-corrected chi connectivity index (χ0v) is 13.2. The molecule has 0 unspecified atom stereocenters. The maximum absolute atomic E-state index is 12.3. The number of amides is 1. The fourth-order valence-electron chi connectivity index (χ4n) is 2.47. The van der Waals surface area contributed by atoms with E-state index in [-0.39, 0.29) is 12.7 Å². The summed E-state index contributed by atoms with van der Waals surface area (Å²) < 4.78 is 10.6. The van der Waals surface area contributed by atoms with Crippen molar-refractivity contribution in [3.63, 3.8) is 0 Å². The molecule has 7 nitrogen and oxygen atoms in total. The van der Waals surface area contributed by atoms with Crippen LogP contribution in [0.1, 0.15) is 15.9 Å². The van der Waals surface area contributed by atoms with Gasteiger partial charge in [0.25, 0.3) is 5.91 Å². The standard InChI is InChI=1S/C18H14N4O3/c23-18(22-6-12-1-4-16-17(5-12)25-11-24-16)13-2-3-15(21-9-13)14-7-19-10-20-8-14/h1-5,7-10H,6,11H2,(H,22,23). The second-order valence-electron chi connectivity index (χ2n) is 5.43. The van der Waals surface area contributed by atoms with Gasteiger partial charge in [0.1, 0.15) is 6.33 Å². The topological polar surface area (TPSA) is 86.2 Å². The molecule has 1 aliphatic heterocycles. The summed E-state index contributed by atoms with van der Waals surface area (Å²) in [6, 6.07) is 9.09. The first kappa shape index (κ1) is 15.1. The number of hydrogen-bond donors (Lipinski definition) is 1. The Morgan fingerprint density at radius 1 is 1.04 bits per heavy atom. The van der Waals surface area contributed by atoms with Gasteiger partial charge in [-0.3, -0.25) is 9.78 Å². The Bertz CT molecular complexity index is 898. The number of ether oxygens (including phenoxy) is 2. The van der Waals surface area contributed by atoms with Gasteiger partial charge in [-0.05, 0) is 29.8 Å². The lowest BCUT2D eigenvalue weighted by molar-refractivity contribution is 0.0950. The molecule has 1 amide bonds. The number of aromatic nitrogens is 3. The van der Waals surface area contributed by atoms with Crippen LogP contribution in [0, 0.1) is 0 Å². The Balaban J connectivity index is 1.41. The molecular formula is C18H14N4O3. The Hall–Kier alpha value is -3.48. The smallest absolute Gasteiger partial charge is 0.253 e. The van der Waals surface area contributed by atoms with E-state index in [0.717, 1.165) is 16.9 Å². The molecule has 124 valence electrons. The number of rotatable bonds is 4. The molecule has 7 heteroatoms. The summed E-state index contributed by atoms with van der Waals surface area (Å²) in [7, 11) is 0. The van der Waals surface area contributed by atoms with E-state index in [2.05, 4.69) is 20.3 Å². The van der Waals surface area contributed by atoms with E-state index in [0.29, 0.717) is 23.6 Å². The lowest BCUT2D eigenvalue weighted by Gasteiger charge is -2.07. The maximum atomic E-state index is 12.3. The Morgan fingerprint density at radius 3 is 2.68 bits per heavy atom. The molecule has 0 saturated carbocycles. The largest absolute Gasteiger partial charge is 0.454 e. The predicted molar refractivity (Wildman–Crippen MR) is 89.0 cm³/mol. The number of hydrogen-bond acceptors (Lipinski definition) is 6. The normalized spacial score (nSPS) is 12.0. The molecule has 0 atom stereocenters. The summed E-state index contributed by atoms with van der Waals surface area (Å²) in [4.78, 5) is 24.5. The Morgan fingerprint density at radius 2 is 1.88 bits per heavy atom. The van der Waals surface area contributed by atoms with Gasteiger partial charge in [-0.15, -0.1) is 0 Å². The van der Waals surface area contributed by atoms with Crippen molar-refractivity contribution in [3.05, 3.63) is 66.4 Å². The van der Waals surface area contributed by atoms with Crippen LogP contribution in [0.2, 0.25) is 0 Å². The van der Waals surface area contributed by atoms with Gasteiger partial charge in [0.15, 0.2) is 11.5 Å². The molecule has 0 saturated heterocycles. The third-order valence-electron chi connectivity index (χ3n) is 3.77. The van der Waals surface area contributed by atoms with Crippen molar-refractivity contribution in [3.8, 4) is 22.8 Å². The molecule has 1 N–H and O–H groups in total. The van der Waals surface area contributed by atoms with Crippen LogP contribution in [0.5, 0.6) is 11.5 Å². The highest BCUT2D eigenvalue weighted by Crippen LogP contribution is 2.32. The van der Waals surface area contributed by atoms with Crippen LogP contribution in [-0.2, 0) is 6.54 Å². The van der Waals surface area contributed by atoms with Gasteiger partial charge in [-0.2, -0.15) is 0 Å². The molecule has 3 aromatic rings. The summed E-state index contributed by atoms with van der Waals surface area (Å²) >= 11 is 0. The zero-order chi connectivity index (χ0) is 17.1. The summed E-state index contributed by atoms with van der Waals surface area (Å²) in [6.07, 6.45) is 6.35. The van der Waals surface area contributed by atoms with Gasteiger partial charge < -0.3 is 14.8 Å². The average molecular weight is 334 g/mol. The molecule has 25 heavy (non-hydrogen) atoms. The molecule has 1 aromatic carbocycles. The number of carbonyl (C=O) groups excluding carboxylic acids is 1. The molecule has 0 bridgehead atoms. The van der Waals surface area contributed by atoms with Crippen molar-refractivity contribution in [2.24, 2.45) is 0 Å². The van der Waals surface area contributed by atoms with Crippen molar-refractivity contribution in [1.82, 2.24) is 20.3 Å². The van der Waals surface area contributed by atoms with Crippen LogP contribution >= 0.6 is 0 Å². The lowest BCUT2D eigenvalue weighted by Crippen LogP contribution is -2.22. The van der Waals surface area contributed by atoms with E-state index in [1.165, 1.54) is 12.5 Å². The first-order valence-corrected chi connectivity index (χ1v) is 7.68. The second kappa shape index (κ2) is 6.56. The highest BCUT2D eigenvalue weighted by molar-refractivity contribution is 5.94. The second-order valence-corrected chi connectivity index (χ2v) is 5.43. The summed E-state index contributed by atoms with van der Waals surface area (Å²) in [5.41, 5.74) is 2.94. The van der Waals surface area contributed by atoms with E-state index in [1.807, 2.05) is 18.2 Å². The first-order chi connectivity index (χ1) is 12.3. The van der Waals surface area contributed by atoms with E-state index in [4.69, 9.17) is 9.47 Å². The molecule has 0 fully saturated rings. The van der Waals surface area contributed by atoms with E-state index >= 15 is 0 Å². The van der Waals surface area contributed by atoms with Crippen LogP contribution in [-0.4, -0.2) is 27.7 Å². The van der Waals surface area contributed by atoms with Gasteiger partial charge in [-0.25, -0.2) is 9.97 Å². The number of carbonyl (C=O) groups is 1. The maximum Gasteiger partial charge on any atom is 0.253 e. The molecule has 2 aromatic heterocycles. The minimum Gasteiger partial charge on any atom is -0.454 e. The van der Waals surface area contributed by atoms with Crippen molar-refractivity contribution < 1.29 is 14.3 Å². The monoisotopic (exact) mass is 334 g/mol. The van der Waals surface area contributed by atoms with Crippen LogP contribution in [0.25, 0.3) is 11.3 Å². The number of pyridine rings is 1. The number of nitrogens with zero attached hydrogens (tertiary/aromatic N) is 3. The van der Waals surface area contributed by atoms with Crippen LogP contribution in [0.15, 0.2) is 55.2 Å². The number of nitrogens with one attached hydrogen (secondary N) is 1. The molecule has 1 aliphatic rings. The highest BCUT2D eigenvalue weighted by Gasteiger charge is 2.14. The van der Waals surface area contributed by atoms with Gasteiger partial charge in [0, 0.05) is 30.7 Å². The average Bonchev–Trinajstić information content (AvgIpc) is 3.15. The fraction of sp³-hybridized carbons (Fsp3) is 0.111. The molecule has 3 heterocycles. The first-order valence-electron chi connectivity index (χ1n) is 7.68. The van der Waals surface area contributed by atoms with Gasteiger partial charge in [0.2, 0.25) is 6.79 Å². The number of benzene rings is 1. The van der Waals surface area contributed by atoms with Crippen molar-refractivity contribution >= 4 is 5.91 Å². The minimum atomic E-state index is -0.193. The van der Waals surface area contributed by atoms with Crippen LogP contribution < -0.4 is 14.8 Å². The van der Waals surface area contributed by atoms with Crippen molar-refractivity contribution in [1.29, 1.82) is 0 Å². The third-order valence-corrected chi connectivity index (χ3v) is 3.77. The van der Waals surface area contributed by atoms with E-state index in [9.17, 15) is 4.79 Å². The molecule has 0 spiro atoms. The fourth-order valence-corrected chi connectivity index (χ4v) is 2.47. The lowest BCUT2D eigenvalue weighted by atomic mass is 10.1. The summed E-state index contributed by atoms with van der Waals surface area (Å²) in [5, 5.41) is 2.87. The Kier molecular flexibility index (Phi) is 3.96. The molecule has 4 rings (SSSR count). The SMILES string of the molecule is O=C(NCc1ccc2c(c1)OCO2)c1ccc(-c2cncnc2)nc1. The molecule has 0 aliphatic carbocycles. The van der Waals surface area contributed by atoms with Gasteiger partial charge >= 0.3 is 0 Å². The molecular weight excluding hydrogens is 320 g/mol. The zero-order valence-electron chi connectivity index (χ0n) is 13.2. The third kappa shape index (κ3) is 3.25. The Labute approximate surface area is 143 Å². The quantitative estimate of drug-likeness (QED) is 0.787. The van der Waals surface area contributed by atoms with Gasteiger partial charge in [0.05, 0.1) is 11.3 Å². The minimum absolute atomic E-state index is 0.193. The van der Waals surface area contributed by atoms with E-state index in [1.54, 1.807) is 24.5 Å².